The molecule has 0 aliphatic heterocycles. The average Bonchev–Trinajstić information content (AvgIpc) is 2.49. The molecular weight excluding hydrogens is 264 g/mol. The molecule has 0 aliphatic carbocycles. The Bertz CT molecular complexity index is 731. The smallest absolute Gasteiger partial charge is 0.133 e. The molecule has 0 atom stereocenters. The van der Waals surface area contributed by atoms with Crippen LogP contribution in [0, 0.1) is 6.92 Å². The van der Waals surface area contributed by atoms with E-state index in [1.807, 2.05) is 49.4 Å². The van der Waals surface area contributed by atoms with Crippen LogP contribution in [0.3, 0.4) is 0 Å². The van der Waals surface area contributed by atoms with Crippen molar-refractivity contribution in [2.24, 2.45) is 0 Å². The second-order valence-electron chi connectivity index (χ2n) is 4.48. The van der Waals surface area contributed by atoms with E-state index in [-0.39, 0.29) is 0 Å². The summed E-state index contributed by atoms with van der Waals surface area (Å²) in [4.78, 5) is 12.2. The summed E-state index contributed by atoms with van der Waals surface area (Å²) in [5, 5.41) is 3.23. The van der Waals surface area contributed by atoms with Gasteiger partial charge in [0.15, 0.2) is 0 Å². The highest BCUT2D eigenvalue weighted by molar-refractivity contribution is 5.58. The Hall–Kier alpha value is -2.95. The van der Waals surface area contributed by atoms with Crippen molar-refractivity contribution in [1.29, 1.82) is 0 Å². The molecule has 3 aromatic rings. The molecule has 0 bridgehead atoms. The second-order valence-corrected chi connectivity index (χ2v) is 4.48. The van der Waals surface area contributed by atoms with Gasteiger partial charge in [-0.1, -0.05) is 6.07 Å². The highest BCUT2D eigenvalue weighted by Crippen LogP contribution is 2.24. The van der Waals surface area contributed by atoms with Gasteiger partial charge in [-0.05, 0) is 31.2 Å². The first-order chi connectivity index (χ1) is 10.3. The SMILES string of the molecule is Cc1cc(Nc2cccc(Oc3ccncc3)c2)ncn1. The third-order valence-electron chi connectivity index (χ3n) is 2.80. The number of anilines is 2. The van der Waals surface area contributed by atoms with Crippen molar-refractivity contribution < 1.29 is 4.74 Å². The summed E-state index contributed by atoms with van der Waals surface area (Å²) in [6.45, 7) is 1.93. The maximum Gasteiger partial charge on any atom is 0.133 e. The lowest BCUT2D eigenvalue weighted by atomic mass is 10.3. The second kappa shape index (κ2) is 6.00. The molecule has 5 nitrogen and oxygen atoms in total. The van der Waals surface area contributed by atoms with Gasteiger partial charge in [-0.25, -0.2) is 9.97 Å². The lowest BCUT2D eigenvalue weighted by Crippen LogP contribution is -1.95. The topological polar surface area (TPSA) is 59.9 Å². The summed E-state index contributed by atoms with van der Waals surface area (Å²) >= 11 is 0. The van der Waals surface area contributed by atoms with E-state index in [1.165, 1.54) is 6.33 Å². The van der Waals surface area contributed by atoms with Crippen molar-refractivity contribution in [1.82, 2.24) is 15.0 Å². The van der Waals surface area contributed by atoms with Crippen LogP contribution in [-0.4, -0.2) is 15.0 Å². The van der Waals surface area contributed by atoms with Crippen LogP contribution >= 0.6 is 0 Å². The number of aryl methyl sites for hydroxylation is 1. The zero-order chi connectivity index (χ0) is 14.5. The maximum absolute atomic E-state index is 5.77. The Morgan fingerprint density at radius 2 is 1.81 bits per heavy atom. The summed E-state index contributed by atoms with van der Waals surface area (Å²) in [7, 11) is 0. The molecule has 3 rings (SSSR count). The Labute approximate surface area is 122 Å². The number of nitrogens with one attached hydrogen (secondary N) is 1. The first kappa shape index (κ1) is 13.1. The van der Waals surface area contributed by atoms with Crippen LogP contribution in [0.15, 0.2) is 61.2 Å². The van der Waals surface area contributed by atoms with Gasteiger partial charge in [-0.2, -0.15) is 0 Å². The minimum absolute atomic E-state index is 0.747. The van der Waals surface area contributed by atoms with Gasteiger partial charge in [0.25, 0.3) is 0 Å². The molecule has 2 aromatic heterocycles. The van der Waals surface area contributed by atoms with Crippen molar-refractivity contribution in [3.63, 3.8) is 0 Å². The zero-order valence-electron chi connectivity index (χ0n) is 11.5. The normalized spacial score (nSPS) is 10.1. The fraction of sp³-hybridized carbons (Fsp3) is 0.0625. The van der Waals surface area contributed by atoms with Gasteiger partial charge in [0.1, 0.15) is 23.6 Å². The average molecular weight is 278 g/mol. The summed E-state index contributed by atoms with van der Waals surface area (Å²) in [5.74, 6) is 2.25. The van der Waals surface area contributed by atoms with Gasteiger partial charge >= 0.3 is 0 Å². The van der Waals surface area contributed by atoms with Crippen molar-refractivity contribution in [3.8, 4) is 11.5 Å². The maximum atomic E-state index is 5.77. The molecule has 5 heteroatoms. The van der Waals surface area contributed by atoms with E-state index in [9.17, 15) is 0 Å². The summed E-state index contributed by atoms with van der Waals surface area (Å²) in [5.41, 5.74) is 1.82. The molecule has 21 heavy (non-hydrogen) atoms. The van der Waals surface area contributed by atoms with Crippen molar-refractivity contribution in [3.05, 3.63) is 66.9 Å². The largest absolute Gasteiger partial charge is 0.457 e. The van der Waals surface area contributed by atoms with Crippen LogP contribution in [0.2, 0.25) is 0 Å². The van der Waals surface area contributed by atoms with Gasteiger partial charge in [-0.15, -0.1) is 0 Å². The predicted molar refractivity (Wildman–Crippen MR) is 80.8 cm³/mol. The Morgan fingerprint density at radius 3 is 2.62 bits per heavy atom. The number of pyridine rings is 1. The number of nitrogens with zero attached hydrogens (tertiary/aromatic N) is 3. The number of benzene rings is 1. The molecule has 2 heterocycles. The quantitative estimate of drug-likeness (QED) is 0.788. The van der Waals surface area contributed by atoms with E-state index in [0.29, 0.717) is 0 Å². The molecule has 0 radical (unpaired) electrons. The minimum atomic E-state index is 0.747. The Kier molecular flexibility index (Phi) is 3.73. The molecule has 104 valence electrons. The molecule has 0 aliphatic rings. The third-order valence-corrected chi connectivity index (χ3v) is 2.80. The highest BCUT2D eigenvalue weighted by atomic mass is 16.5. The van der Waals surface area contributed by atoms with Gasteiger partial charge in [0.05, 0.1) is 0 Å². The van der Waals surface area contributed by atoms with Crippen LogP contribution in [0.5, 0.6) is 11.5 Å². The number of hydrogen-bond donors (Lipinski definition) is 1. The summed E-state index contributed by atoms with van der Waals surface area (Å²) < 4.78 is 5.77. The Morgan fingerprint density at radius 1 is 0.952 bits per heavy atom. The van der Waals surface area contributed by atoms with E-state index in [0.717, 1.165) is 28.7 Å². The van der Waals surface area contributed by atoms with Crippen LogP contribution in [0.4, 0.5) is 11.5 Å². The van der Waals surface area contributed by atoms with E-state index < -0.39 is 0 Å². The van der Waals surface area contributed by atoms with Crippen LogP contribution in [-0.2, 0) is 0 Å². The molecule has 0 saturated carbocycles. The van der Waals surface area contributed by atoms with Crippen LogP contribution < -0.4 is 10.1 Å². The summed E-state index contributed by atoms with van der Waals surface area (Å²) in [6, 6.07) is 13.2. The minimum Gasteiger partial charge on any atom is -0.457 e. The zero-order valence-corrected chi connectivity index (χ0v) is 11.5. The molecule has 1 aromatic carbocycles. The van der Waals surface area contributed by atoms with Crippen molar-refractivity contribution >= 4 is 11.5 Å². The summed E-state index contributed by atoms with van der Waals surface area (Å²) in [6.07, 6.45) is 4.93. The van der Waals surface area contributed by atoms with E-state index in [4.69, 9.17) is 4.74 Å². The van der Waals surface area contributed by atoms with Gasteiger partial charge in [-0.3, -0.25) is 4.98 Å². The first-order valence-corrected chi connectivity index (χ1v) is 6.53. The van der Waals surface area contributed by atoms with Gasteiger partial charge < -0.3 is 10.1 Å². The molecule has 1 N–H and O–H groups in total. The molecule has 0 unspecified atom stereocenters. The number of hydrogen-bond acceptors (Lipinski definition) is 5. The lowest BCUT2D eigenvalue weighted by Gasteiger charge is -2.09. The lowest BCUT2D eigenvalue weighted by molar-refractivity contribution is 0.482. The monoisotopic (exact) mass is 278 g/mol. The number of rotatable bonds is 4. The van der Waals surface area contributed by atoms with E-state index in [2.05, 4.69) is 20.3 Å². The first-order valence-electron chi connectivity index (χ1n) is 6.53. The van der Waals surface area contributed by atoms with Gasteiger partial charge in [0.2, 0.25) is 0 Å². The van der Waals surface area contributed by atoms with Crippen LogP contribution in [0.25, 0.3) is 0 Å². The molecule has 0 fully saturated rings. The van der Waals surface area contributed by atoms with E-state index in [1.54, 1.807) is 12.4 Å². The fourth-order valence-corrected chi connectivity index (χ4v) is 1.85. The number of aromatic nitrogens is 3. The van der Waals surface area contributed by atoms with Crippen molar-refractivity contribution in [2.45, 2.75) is 6.92 Å². The number of ether oxygens (including phenoxy) is 1. The van der Waals surface area contributed by atoms with Crippen LogP contribution in [0.1, 0.15) is 5.69 Å². The molecule has 0 amide bonds. The van der Waals surface area contributed by atoms with E-state index >= 15 is 0 Å². The van der Waals surface area contributed by atoms with Crippen molar-refractivity contribution in [2.75, 3.05) is 5.32 Å². The predicted octanol–water partition coefficient (Wildman–Crippen LogP) is 3.72. The Balaban J connectivity index is 1.77. The highest BCUT2D eigenvalue weighted by Gasteiger charge is 2.01. The van der Waals surface area contributed by atoms with Gasteiger partial charge in [0, 0.05) is 35.9 Å². The standard InChI is InChI=1S/C16H14N4O/c1-12-9-16(19-11-18-12)20-13-3-2-4-15(10-13)21-14-5-7-17-8-6-14/h2-11H,1H3,(H,18,19,20). The molecule has 0 saturated heterocycles. The fourth-order valence-electron chi connectivity index (χ4n) is 1.85. The molecular formula is C16H14N4O. The molecule has 0 spiro atoms. The third kappa shape index (κ3) is 3.54.